The van der Waals surface area contributed by atoms with E-state index in [0.717, 1.165) is 31.7 Å². The lowest BCUT2D eigenvalue weighted by atomic mass is 9.82. The molecule has 0 amide bonds. The van der Waals surface area contributed by atoms with Gasteiger partial charge in [0.1, 0.15) is 11.4 Å². The summed E-state index contributed by atoms with van der Waals surface area (Å²) in [6, 6.07) is 3.31. The second-order valence-electron chi connectivity index (χ2n) is 5.43. The Balaban J connectivity index is 2.10. The number of pyridine rings is 1. The van der Waals surface area contributed by atoms with E-state index in [0.29, 0.717) is 12.4 Å². The third-order valence-corrected chi connectivity index (χ3v) is 3.65. The van der Waals surface area contributed by atoms with Crippen molar-refractivity contribution in [2.75, 3.05) is 25.1 Å². The molecule has 1 aromatic heterocycles. The largest absolute Gasteiger partial charge is 0.478 e. The summed E-state index contributed by atoms with van der Waals surface area (Å²) in [6.45, 7) is 6.30. The Hall–Kier alpha value is -1.62. The molecule has 5 nitrogen and oxygen atoms in total. The van der Waals surface area contributed by atoms with Crippen molar-refractivity contribution in [3.05, 3.63) is 23.4 Å². The van der Waals surface area contributed by atoms with Crippen molar-refractivity contribution in [2.45, 2.75) is 26.7 Å². The van der Waals surface area contributed by atoms with Crippen LogP contribution in [0, 0.1) is 12.3 Å². The van der Waals surface area contributed by atoms with Gasteiger partial charge in [0.25, 0.3) is 0 Å². The van der Waals surface area contributed by atoms with E-state index < -0.39 is 5.97 Å². The van der Waals surface area contributed by atoms with Gasteiger partial charge in [-0.25, -0.2) is 9.78 Å². The zero-order valence-corrected chi connectivity index (χ0v) is 11.4. The van der Waals surface area contributed by atoms with E-state index in [-0.39, 0.29) is 11.0 Å². The van der Waals surface area contributed by atoms with Crippen LogP contribution in [0.15, 0.2) is 12.1 Å². The summed E-state index contributed by atoms with van der Waals surface area (Å²) in [5.74, 6) is -0.493. The Morgan fingerprint density at radius 1 is 1.47 bits per heavy atom. The first-order valence-electron chi connectivity index (χ1n) is 6.53. The van der Waals surface area contributed by atoms with Gasteiger partial charge in [0.15, 0.2) is 0 Å². The van der Waals surface area contributed by atoms with Gasteiger partial charge >= 0.3 is 5.97 Å². The molecule has 0 aliphatic carbocycles. The first kappa shape index (κ1) is 13.8. The number of ether oxygens (including phenoxy) is 1. The Bertz CT molecular complexity index is 468. The molecule has 0 spiro atoms. The number of carboxylic acid groups (broad SMARTS) is 1. The highest BCUT2D eigenvalue weighted by Gasteiger charge is 2.27. The van der Waals surface area contributed by atoms with E-state index in [4.69, 9.17) is 9.84 Å². The number of rotatable bonds is 4. The Labute approximate surface area is 113 Å². The van der Waals surface area contributed by atoms with Crippen molar-refractivity contribution in [1.82, 2.24) is 4.98 Å². The highest BCUT2D eigenvalue weighted by Crippen LogP contribution is 2.30. The molecule has 104 valence electrons. The fraction of sp³-hybridized carbons (Fsp3) is 0.571. The number of aryl methyl sites for hydroxylation is 1. The minimum absolute atomic E-state index is 0.138. The maximum absolute atomic E-state index is 11.2. The van der Waals surface area contributed by atoms with Gasteiger partial charge in [-0.15, -0.1) is 0 Å². The number of nitrogens with one attached hydrogen (secondary N) is 1. The lowest BCUT2D eigenvalue weighted by Crippen LogP contribution is -2.33. The zero-order chi connectivity index (χ0) is 13.9. The third-order valence-electron chi connectivity index (χ3n) is 3.65. The fourth-order valence-electron chi connectivity index (χ4n) is 2.20. The Morgan fingerprint density at radius 2 is 2.16 bits per heavy atom. The van der Waals surface area contributed by atoms with Crippen LogP contribution in [0.3, 0.4) is 0 Å². The van der Waals surface area contributed by atoms with E-state index in [1.165, 1.54) is 0 Å². The van der Waals surface area contributed by atoms with Gasteiger partial charge in [0, 0.05) is 25.5 Å². The summed E-state index contributed by atoms with van der Waals surface area (Å²) in [5.41, 5.74) is 1.17. The minimum atomic E-state index is -0.952. The number of aromatic nitrogens is 1. The van der Waals surface area contributed by atoms with Crippen LogP contribution in [0.4, 0.5) is 5.82 Å². The summed E-state index contributed by atoms with van der Waals surface area (Å²) in [7, 11) is 0. The number of carboxylic acids is 1. The molecule has 1 fully saturated rings. The van der Waals surface area contributed by atoms with Gasteiger partial charge in [0.2, 0.25) is 0 Å². The normalized spacial score (nSPS) is 18.0. The van der Waals surface area contributed by atoms with Gasteiger partial charge in [-0.1, -0.05) is 6.92 Å². The van der Waals surface area contributed by atoms with Crippen molar-refractivity contribution in [3.8, 4) is 0 Å². The van der Waals surface area contributed by atoms with E-state index in [2.05, 4.69) is 17.2 Å². The molecule has 2 rings (SSSR count). The SMILES string of the molecule is Cc1ccc(C(=O)O)c(NCC2(C)CCOCC2)n1. The molecule has 1 aliphatic heterocycles. The molecule has 1 saturated heterocycles. The van der Waals surface area contributed by atoms with Gasteiger partial charge in [-0.2, -0.15) is 0 Å². The van der Waals surface area contributed by atoms with Crippen LogP contribution in [0.25, 0.3) is 0 Å². The molecule has 2 N–H and O–H groups in total. The van der Waals surface area contributed by atoms with Crippen LogP contribution >= 0.6 is 0 Å². The average Bonchev–Trinajstić information content (AvgIpc) is 2.37. The number of hydrogen-bond acceptors (Lipinski definition) is 4. The molecule has 0 atom stereocenters. The van der Waals surface area contributed by atoms with Gasteiger partial charge in [-0.05, 0) is 37.3 Å². The van der Waals surface area contributed by atoms with Crippen LogP contribution in [0.1, 0.15) is 35.8 Å². The lowest BCUT2D eigenvalue weighted by molar-refractivity contribution is 0.0299. The lowest BCUT2D eigenvalue weighted by Gasteiger charge is -2.33. The van der Waals surface area contributed by atoms with Crippen molar-refractivity contribution in [2.24, 2.45) is 5.41 Å². The van der Waals surface area contributed by atoms with Crippen LogP contribution in [-0.4, -0.2) is 35.8 Å². The van der Waals surface area contributed by atoms with Gasteiger partial charge in [0.05, 0.1) is 0 Å². The van der Waals surface area contributed by atoms with E-state index >= 15 is 0 Å². The summed E-state index contributed by atoms with van der Waals surface area (Å²) in [4.78, 5) is 15.5. The topological polar surface area (TPSA) is 71.5 Å². The van der Waals surface area contributed by atoms with Crippen LogP contribution in [-0.2, 0) is 4.74 Å². The highest BCUT2D eigenvalue weighted by atomic mass is 16.5. The van der Waals surface area contributed by atoms with Crippen molar-refractivity contribution < 1.29 is 14.6 Å². The third kappa shape index (κ3) is 3.44. The second kappa shape index (κ2) is 5.57. The zero-order valence-electron chi connectivity index (χ0n) is 11.4. The predicted molar refractivity (Wildman–Crippen MR) is 72.6 cm³/mol. The number of nitrogens with zero attached hydrogens (tertiary/aromatic N) is 1. The molecule has 0 radical (unpaired) electrons. The Morgan fingerprint density at radius 3 is 2.79 bits per heavy atom. The molecular weight excluding hydrogens is 244 g/mol. The van der Waals surface area contributed by atoms with Crippen LogP contribution in [0.2, 0.25) is 0 Å². The van der Waals surface area contributed by atoms with Crippen molar-refractivity contribution >= 4 is 11.8 Å². The second-order valence-corrected chi connectivity index (χ2v) is 5.43. The molecule has 0 bridgehead atoms. The summed E-state index contributed by atoms with van der Waals surface area (Å²) in [6.07, 6.45) is 1.96. The van der Waals surface area contributed by atoms with E-state index in [1.807, 2.05) is 6.92 Å². The smallest absolute Gasteiger partial charge is 0.339 e. The van der Waals surface area contributed by atoms with Crippen molar-refractivity contribution in [1.29, 1.82) is 0 Å². The van der Waals surface area contributed by atoms with Crippen LogP contribution in [0.5, 0.6) is 0 Å². The summed E-state index contributed by atoms with van der Waals surface area (Å²) >= 11 is 0. The number of hydrogen-bond donors (Lipinski definition) is 2. The molecule has 0 aromatic carbocycles. The maximum Gasteiger partial charge on any atom is 0.339 e. The molecule has 1 aliphatic rings. The molecule has 2 heterocycles. The average molecular weight is 264 g/mol. The Kier molecular flexibility index (Phi) is 4.04. The number of anilines is 1. The molecular formula is C14H20N2O3. The molecule has 5 heteroatoms. The standard InChI is InChI=1S/C14H20N2O3/c1-10-3-4-11(13(17)18)12(16-10)15-9-14(2)5-7-19-8-6-14/h3-4H,5-9H2,1-2H3,(H,15,16)(H,17,18). The molecule has 0 unspecified atom stereocenters. The maximum atomic E-state index is 11.2. The van der Waals surface area contributed by atoms with E-state index in [9.17, 15) is 4.79 Å². The van der Waals surface area contributed by atoms with E-state index in [1.54, 1.807) is 12.1 Å². The summed E-state index contributed by atoms with van der Waals surface area (Å²) in [5, 5.41) is 12.4. The molecule has 0 saturated carbocycles. The number of carbonyl (C=O) groups is 1. The quantitative estimate of drug-likeness (QED) is 0.873. The van der Waals surface area contributed by atoms with Gasteiger partial charge < -0.3 is 15.2 Å². The predicted octanol–water partition coefficient (Wildman–Crippen LogP) is 2.32. The first-order valence-corrected chi connectivity index (χ1v) is 6.53. The highest BCUT2D eigenvalue weighted by molar-refractivity contribution is 5.93. The van der Waals surface area contributed by atoms with Crippen molar-refractivity contribution in [3.63, 3.8) is 0 Å². The summed E-state index contributed by atoms with van der Waals surface area (Å²) < 4.78 is 5.36. The number of aromatic carboxylic acids is 1. The minimum Gasteiger partial charge on any atom is -0.478 e. The van der Waals surface area contributed by atoms with Gasteiger partial charge in [-0.3, -0.25) is 0 Å². The fourth-order valence-corrected chi connectivity index (χ4v) is 2.20. The van der Waals surface area contributed by atoms with Crippen LogP contribution < -0.4 is 5.32 Å². The molecule has 19 heavy (non-hydrogen) atoms. The molecule has 1 aromatic rings. The first-order chi connectivity index (χ1) is 9.00. The monoisotopic (exact) mass is 264 g/mol.